The van der Waals surface area contributed by atoms with E-state index >= 15 is 0 Å². The molecule has 236 valence electrons. The van der Waals surface area contributed by atoms with Crippen LogP contribution in [-0.4, -0.2) is 76.0 Å². The molecule has 1 saturated carbocycles. The molecule has 9 nitrogen and oxygen atoms in total. The van der Waals surface area contributed by atoms with Crippen molar-refractivity contribution in [2.75, 3.05) is 24.6 Å². The summed E-state index contributed by atoms with van der Waals surface area (Å²) >= 11 is 8.40. The Kier molecular flexibility index (Phi) is 18.7. The number of nitrogens with one attached hydrogen (secondary N) is 3. The standard InChI is InChI=1S/C28H50N4O5S4/c29-18-20-16-21(15-19(28(36)37)17-23-26(20)41-40-23)31-27(35)22(32-25(34)11-4-2-8-14-39)9-5-6-12-30-24(33)10-3-1-7-13-38/h19-23,26,38-39H,1-18,29H2,(H,30,33)(H,31,35)(H,32,34)(H,36,37)/t19?,20?,21?,22-,23?,26?/m0/s1. The molecule has 1 saturated heterocycles. The van der Waals surface area contributed by atoms with Crippen LogP contribution in [0.3, 0.4) is 0 Å². The number of unbranched alkanes of at least 4 members (excludes halogenated alkanes) is 5. The fourth-order valence-electron chi connectivity index (χ4n) is 5.39. The molecule has 2 aliphatic rings. The van der Waals surface area contributed by atoms with Crippen molar-refractivity contribution in [1.29, 1.82) is 0 Å². The largest absolute Gasteiger partial charge is 0.481 e. The molecule has 41 heavy (non-hydrogen) atoms. The van der Waals surface area contributed by atoms with Crippen molar-refractivity contribution in [2.24, 2.45) is 17.6 Å². The molecule has 0 radical (unpaired) electrons. The third kappa shape index (κ3) is 14.0. The maximum Gasteiger partial charge on any atom is 0.306 e. The van der Waals surface area contributed by atoms with Crippen LogP contribution in [0, 0.1) is 11.8 Å². The van der Waals surface area contributed by atoms with Gasteiger partial charge in [-0.1, -0.05) is 34.4 Å². The van der Waals surface area contributed by atoms with Gasteiger partial charge in [0.1, 0.15) is 6.04 Å². The van der Waals surface area contributed by atoms with Gasteiger partial charge in [0.15, 0.2) is 0 Å². The fourth-order valence-corrected chi connectivity index (χ4v) is 9.16. The molecule has 1 heterocycles. The van der Waals surface area contributed by atoms with E-state index in [2.05, 4.69) is 41.2 Å². The second-order valence-corrected chi connectivity index (χ2v) is 14.8. The van der Waals surface area contributed by atoms with Crippen LogP contribution in [0.2, 0.25) is 0 Å². The number of hydrogen-bond donors (Lipinski definition) is 7. The smallest absolute Gasteiger partial charge is 0.306 e. The third-order valence-electron chi connectivity index (χ3n) is 7.81. The first-order chi connectivity index (χ1) is 19.8. The summed E-state index contributed by atoms with van der Waals surface area (Å²) in [4.78, 5) is 50.2. The Balaban J connectivity index is 1.94. The molecule has 0 aromatic heterocycles. The average molecular weight is 651 g/mol. The minimum Gasteiger partial charge on any atom is -0.481 e. The molecule has 3 amide bonds. The van der Waals surface area contributed by atoms with Crippen LogP contribution in [-0.2, 0) is 19.2 Å². The molecule has 13 heteroatoms. The highest BCUT2D eigenvalue weighted by atomic mass is 33.1. The number of fused-ring (bicyclic) bond motifs is 1. The SMILES string of the molecule is NCC1CC(NC(=O)[C@H](CCCCNC(=O)CCCCCS)NC(=O)CCCCCS)CC(C(=O)O)CC2SSC12. The average Bonchev–Trinajstić information content (AvgIpc) is 2.92. The molecule has 0 spiro atoms. The Morgan fingerprint density at radius 3 is 2.12 bits per heavy atom. The zero-order chi connectivity index (χ0) is 30.0. The molecular weight excluding hydrogens is 601 g/mol. The molecule has 0 bridgehead atoms. The summed E-state index contributed by atoms with van der Waals surface area (Å²) in [5, 5.41) is 19.4. The van der Waals surface area contributed by atoms with Crippen molar-refractivity contribution < 1.29 is 24.3 Å². The first-order valence-corrected chi connectivity index (χ1v) is 18.7. The number of aliphatic carboxylic acids is 1. The zero-order valence-corrected chi connectivity index (χ0v) is 27.5. The van der Waals surface area contributed by atoms with Gasteiger partial charge in [0.25, 0.3) is 0 Å². The summed E-state index contributed by atoms with van der Waals surface area (Å²) < 4.78 is 0. The Morgan fingerprint density at radius 1 is 0.854 bits per heavy atom. The van der Waals surface area contributed by atoms with Gasteiger partial charge in [-0.15, -0.1) is 0 Å². The summed E-state index contributed by atoms with van der Waals surface area (Å²) in [7, 11) is 3.50. The lowest BCUT2D eigenvalue weighted by Gasteiger charge is -2.44. The van der Waals surface area contributed by atoms with Gasteiger partial charge in [0.2, 0.25) is 17.7 Å². The van der Waals surface area contributed by atoms with Gasteiger partial charge in [-0.3, -0.25) is 19.2 Å². The lowest BCUT2D eigenvalue weighted by molar-refractivity contribution is -0.143. The van der Waals surface area contributed by atoms with E-state index in [4.69, 9.17) is 5.73 Å². The summed E-state index contributed by atoms with van der Waals surface area (Å²) in [5.74, 6) is 0.0433. The first kappa shape index (κ1) is 36.4. The van der Waals surface area contributed by atoms with Crippen molar-refractivity contribution in [3.63, 3.8) is 0 Å². The predicted octanol–water partition coefficient (Wildman–Crippen LogP) is 3.81. The molecule has 6 atom stereocenters. The monoisotopic (exact) mass is 650 g/mol. The number of carboxylic acids is 1. The topological polar surface area (TPSA) is 151 Å². The van der Waals surface area contributed by atoms with Crippen LogP contribution in [0.25, 0.3) is 0 Å². The van der Waals surface area contributed by atoms with Gasteiger partial charge in [-0.2, -0.15) is 25.3 Å². The Labute approximate surface area is 264 Å². The maximum absolute atomic E-state index is 13.5. The van der Waals surface area contributed by atoms with Crippen molar-refractivity contribution >= 4 is 70.5 Å². The van der Waals surface area contributed by atoms with Gasteiger partial charge in [-0.05, 0) is 88.2 Å². The minimum atomic E-state index is -0.832. The molecular formula is C28H50N4O5S4. The van der Waals surface area contributed by atoms with Gasteiger partial charge in [-0.25, -0.2) is 0 Å². The third-order valence-corrected chi connectivity index (χ3v) is 12.1. The second-order valence-electron chi connectivity index (χ2n) is 11.2. The van der Waals surface area contributed by atoms with E-state index in [1.165, 1.54) is 0 Å². The molecule has 6 N–H and O–H groups in total. The number of thiol groups is 2. The quantitative estimate of drug-likeness (QED) is 0.0597. The predicted molar refractivity (Wildman–Crippen MR) is 176 cm³/mol. The lowest BCUT2D eigenvalue weighted by Crippen LogP contribution is -2.53. The second kappa shape index (κ2) is 21.0. The molecule has 2 fully saturated rings. The van der Waals surface area contributed by atoms with Crippen molar-refractivity contribution in [3.05, 3.63) is 0 Å². The summed E-state index contributed by atoms with van der Waals surface area (Å²) in [6.45, 7) is 1.02. The number of rotatable bonds is 20. The summed E-state index contributed by atoms with van der Waals surface area (Å²) in [6, 6.07) is -1.03. The number of hydrogen-bond acceptors (Lipinski definition) is 9. The summed E-state index contributed by atoms with van der Waals surface area (Å²) in [5.41, 5.74) is 6.10. The van der Waals surface area contributed by atoms with Crippen LogP contribution in [0.5, 0.6) is 0 Å². The highest BCUT2D eigenvalue weighted by Gasteiger charge is 2.44. The van der Waals surface area contributed by atoms with Crippen molar-refractivity contribution in [2.45, 2.75) is 112 Å². The molecule has 1 aliphatic carbocycles. The highest BCUT2D eigenvalue weighted by Crippen LogP contribution is 2.55. The summed E-state index contributed by atoms with van der Waals surface area (Å²) in [6.07, 6.45) is 9.63. The van der Waals surface area contributed by atoms with Gasteiger partial charge >= 0.3 is 5.97 Å². The van der Waals surface area contributed by atoms with E-state index in [-0.39, 0.29) is 34.9 Å². The number of carbonyl (C=O) groups excluding carboxylic acids is 3. The van der Waals surface area contributed by atoms with Gasteiger partial charge < -0.3 is 26.8 Å². The van der Waals surface area contributed by atoms with Crippen LogP contribution in [0.4, 0.5) is 0 Å². The molecule has 0 aromatic carbocycles. The van der Waals surface area contributed by atoms with Gasteiger partial charge in [0.05, 0.1) is 5.92 Å². The van der Waals surface area contributed by atoms with Crippen LogP contribution in [0.15, 0.2) is 0 Å². The lowest BCUT2D eigenvalue weighted by atomic mass is 9.82. The molecule has 2 rings (SSSR count). The van der Waals surface area contributed by atoms with Crippen molar-refractivity contribution in [1.82, 2.24) is 16.0 Å². The van der Waals surface area contributed by atoms with E-state index in [9.17, 15) is 24.3 Å². The number of nitrogens with two attached hydrogens (primary N) is 1. The molecule has 5 unspecified atom stereocenters. The zero-order valence-electron chi connectivity index (χ0n) is 24.1. The van der Waals surface area contributed by atoms with E-state index < -0.39 is 17.9 Å². The molecule has 0 aromatic rings. The van der Waals surface area contributed by atoms with Crippen LogP contribution in [0.1, 0.15) is 89.9 Å². The van der Waals surface area contributed by atoms with Crippen molar-refractivity contribution in [3.8, 4) is 0 Å². The van der Waals surface area contributed by atoms with E-state index in [1.54, 1.807) is 21.6 Å². The normalized spacial score (nSPS) is 24.6. The fraction of sp³-hybridized carbons (Fsp3) is 0.857. The van der Waals surface area contributed by atoms with E-state index in [0.717, 1.165) is 50.0 Å². The Bertz CT molecular complexity index is 824. The van der Waals surface area contributed by atoms with Gasteiger partial charge in [0, 0.05) is 35.9 Å². The Hall–Kier alpha value is -0.760. The van der Waals surface area contributed by atoms with E-state index in [1.807, 2.05) is 0 Å². The number of carbonyl (C=O) groups is 4. The highest BCUT2D eigenvalue weighted by molar-refractivity contribution is 8.80. The number of carboxylic acid groups (broad SMARTS) is 1. The minimum absolute atomic E-state index is 0.0324. The van der Waals surface area contributed by atoms with E-state index in [0.29, 0.717) is 69.7 Å². The van der Waals surface area contributed by atoms with Crippen LogP contribution < -0.4 is 21.7 Å². The van der Waals surface area contributed by atoms with Crippen LogP contribution >= 0.6 is 46.8 Å². The first-order valence-electron chi connectivity index (χ1n) is 15.1. The molecule has 1 aliphatic heterocycles. The Morgan fingerprint density at radius 2 is 1.54 bits per heavy atom. The number of amides is 3. The maximum atomic E-state index is 13.5.